The number of benzene rings is 1. The molecule has 2 N–H and O–H groups in total. The fourth-order valence-electron chi connectivity index (χ4n) is 6.17. The van der Waals surface area contributed by atoms with Crippen LogP contribution in [0.2, 0.25) is 0 Å². The zero-order chi connectivity index (χ0) is 24.6. The predicted molar refractivity (Wildman–Crippen MR) is 129 cm³/mol. The Labute approximate surface area is 214 Å². The van der Waals surface area contributed by atoms with Gasteiger partial charge in [0, 0.05) is 11.5 Å². The number of fused-ring (bicyclic) bond motifs is 4. The van der Waals surface area contributed by atoms with Gasteiger partial charge in [0.1, 0.15) is 5.75 Å². The number of halogens is 3. The number of carbonyl (C=O) groups is 4. The molecular weight excluding hydrogens is 547 g/mol. The first kappa shape index (κ1) is 23.6. The molecule has 7 nitrogen and oxygen atoms in total. The molecule has 6 atom stereocenters. The van der Waals surface area contributed by atoms with Crippen LogP contribution >= 0.6 is 39.1 Å². The maximum atomic E-state index is 13.6. The second-order valence-corrected chi connectivity index (χ2v) is 10.9. The molecule has 34 heavy (non-hydrogen) atoms. The number of aromatic hydroxyl groups is 1. The number of phenolic OH excluding ortho intramolecular Hbond substituents is 1. The van der Waals surface area contributed by atoms with Crippen molar-refractivity contribution in [3.8, 4) is 5.75 Å². The van der Waals surface area contributed by atoms with Crippen LogP contribution in [-0.4, -0.2) is 48.8 Å². The van der Waals surface area contributed by atoms with Crippen molar-refractivity contribution in [3.05, 3.63) is 53.6 Å². The Balaban J connectivity index is 1.78. The van der Waals surface area contributed by atoms with Crippen LogP contribution in [0.25, 0.3) is 0 Å². The van der Waals surface area contributed by atoms with Gasteiger partial charge in [0.15, 0.2) is 9.75 Å². The highest BCUT2D eigenvalue weighted by Crippen LogP contribution is 2.65. The van der Waals surface area contributed by atoms with Gasteiger partial charge in [-0.15, -0.1) is 29.8 Å². The maximum Gasteiger partial charge on any atom is 0.254 e. The average Bonchev–Trinajstić information content (AvgIpc) is 3.17. The van der Waals surface area contributed by atoms with Crippen LogP contribution in [0.15, 0.2) is 42.5 Å². The summed E-state index contributed by atoms with van der Waals surface area (Å²) >= 11 is 17.4. The van der Waals surface area contributed by atoms with E-state index in [0.29, 0.717) is 23.1 Å². The minimum atomic E-state index is -1.93. The summed E-state index contributed by atoms with van der Waals surface area (Å²) in [5.74, 6) is -5.09. The van der Waals surface area contributed by atoms with Gasteiger partial charge in [-0.25, -0.2) is 0 Å². The van der Waals surface area contributed by atoms with Crippen LogP contribution in [0.5, 0.6) is 5.75 Å². The van der Waals surface area contributed by atoms with E-state index in [1.54, 1.807) is 24.3 Å². The van der Waals surface area contributed by atoms with Gasteiger partial charge in [0.2, 0.25) is 11.8 Å². The number of nitrogens with zero attached hydrogens (tertiary/aromatic N) is 1. The molecular formula is C24H21BrCl2N2O5. The molecule has 0 radical (unpaired) electrons. The van der Waals surface area contributed by atoms with Crippen LogP contribution in [0.1, 0.15) is 29.9 Å². The largest absolute Gasteiger partial charge is 0.507 e. The molecule has 0 bridgehead atoms. The molecule has 2 heterocycles. The van der Waals surface area contributed by atoms with Crippen molar-refractivity contribution in [2.45, 2.75) is 34.9 Å². The third-order valence-electron chi connectivity index (χ3n) is 7.68. The summed E-state index contributed by atoms with van der Waals surface area (Å²) in [6, 6.07) is 5.11. The number of phenols is 1. The van der Waals surface area contributed by atoms with Gasteiger partial charge in [-0.3, -0.25) is 29.4 Å². The number of alkyl halides is 3. The Morgan fingerprint density at radius 1 is 1.18 bits per heavy atom. The topological polar surface area (TPSA) is 104 Å². The van der Waals surface area contributed by atoms with Gasteiger partial charge < -0.3 is 5.11 Å². The third-order valence-corrected chi connectivity index (χ3v) is 9.60. The zero-order valence-electron chi connectivity index (χ0n) is 17.9. The lowest BCUT2D eigenvalue weighted by molar-refractivity contribution is -0.138. The number of likely N-dealkylation sites (tertiary alicyclic amines) is 1. The van der Waals surface area contributed by atoms with Crippen molar-refractivity contribution in [3.63, 3.8) is 0 Å². The number of hydrogen-bond acceptors (Lipinski definition) is 5. The Morgan fingerprint density at radius 3 is 2.59 bits per heavy atom. The van der Waals surface area contributed by atoms with E-state index < -0.39 is 51.1 Å². The molecule has 5 rings (SSSR count). The molecule has 3 fully saturated rings. The Bertz CT molecular complexity index is 1200. The lowest BCUT2D eigenvalue weighted by atomic mass is 9.56. The van der Waals surface area contributed by atoms with Gasteiger partial charge in [-0.1, -0.05) is 51.9 Å². The third kappa shape index (κ3) is 2.82. The number of allylic oxidation sites excluding steroid dienone is 3. The molecule has 1 saturated carbocycles. The zero-order valence-corrected chi connectivity index (χ0v) is 21.0. The van der Waals surface area contributed by atoms with E-state index in [4.69, 9.17) is 23.2 Å². The first-order chi connectivity index (χ1) is 16.1. The summed E-state index contributed by atoms with van der Waals surface area (Å²) in [6.45, 7) is 3.72. The SMILES string of the molecule is C=CCc1cccc([C@H]2C3=CC[C@@H]4C(=O)NC(=O)[C@@H]4[C@@H]3C[C@@]3(Cl)C(=O)N(CBr)C(=O)[C@@]23Cl)c1O. The molecule has 2 aliphatic carbocycles. The van der Waals surface area contributed by atoms with Crippen LogP contribution < -0.4 is 5.32 Å². The van der Waals surface area contributed by atoms with E-state index >= 15 is 0 Å². The van der Waals surface area contributed by atoms with E-state index in [2.05, 4.69) is 27.8 Å². The second kappa shape index (κ2) is 7.93. The van der Waals surface area contributed by atoms with Crippen LogP contribution in [0.3, 0.4) is 0 Å². The number of amides is 4. The second-order valence-electron chi connectivity index (χ2n) is 9.19. The Morgan fingerprint density at radius 2 is 1.91 bits per heavy atom. The van der Waals surface area contributed by atoms with E-state index in [1.165, 1.54) is 0 Å². The quantitative estimate of drug-likeness (QED) is 0.252. The van der Waals surface area contributed by atoms with Gasteiger partial charge >= 0.3 is 0 Å². The predicted octanol–water partition coefficient (Wildman–Crippen LogP) is 3.12. The first-order valence-corrected chi connectivity index (χ1v) is 12.8. The molecule has 1 aromatic carbocycles. The van der Waals surface area contributed by atoms with Crippen molar-refractivity contribution in [2.75, 3.05) is 5.45 Å². The molecule has 0 spiro atoms. The standard InChI is InChI=1S/C24H21BrCl2N2O5/c1-2-4-11-5-3-6-14(18(11)30)17-12-7-8-13-16(20(32)28-19(13)31)15(12)9-23(26)21(33)29(10-25)22(34)24(17,23)27/h2-3,5-7,13,15-17,30H,1,4,8-10H2,(H,28,31,32)/t13-,15+,16-,17+,23+,24-/m0/s1. The van der Waals surface area contributed by atoms with Gasteiger partial charge in [0.05, 0.1) is 17.3 Å². The molecule has 2 saturated heterocycles. The van der Waals surface area contributed by atoms with Gasteiger partial charge in [0.25, 0.3) is 11.8 Å². The average molecular weight is 568 g/mol. The van der Waals surface area contributed by atoms with E-state index in [0.717, 1.165) is 4.90 Å². The van der Waals surface area contributed by atoms with Crippen molar-refractivity contribution in [2.24, 2.45) is 17.8 Å². The number of rotatable bonds is 4. The number of nitrogens with one attached hydrogen (secondary N) is 1. The smallest absolute Gasteiger partial charge is 0.254 e. The highest BCUT2D eigenvalue weighted by Gasteiger charge is 2.76. The van der Waals surface area contributed by atoms with Crippen molar-refractivity contribution in [1.29, 1.82) is 0 Å². The number of carbonyl (C=O) groups excluding carboxylic acids is 4. The van der Waals surface area contributed by atoms with E-state index in [-0.39, 0.29) is 30.0 Å². The fraction of sp³-hybridized carbons (Fsp3) is 0.417. The molecule has 178 valence electrons. The normalized spacial score (nSPS) is 36.6. The van der Waals surface area contributed by atoms with E-state index in [9.17, 15) is 24.3 Å². The monoisotopic (exact) mass is 566 g/mol. The summed E-state index contributed by atoms with van der Waals surface area (Å²) in [6.07, 6.45) is 4.04. The minimum Gasteiger partial charge on any atom is -0.507 e. The van der Waals surface area contributed by atoms with Gasteiger partial charge in [-0.05, 0) is 30.7 Å². The lowest BCUT2D eigenvalue weighted by Gasteiger charge is -2.50. The van der Waals surface area contributed by atoms with Crippen molar-refractivity contribution >= 4 is 62.8 Å². The van der Waals surface area contributed by atoms with Crippen LogP contribution in [-0.2, 0) is 25.6 Å². The highest BCUT2D eigenvalue weighted by atomic mass is 79.9. The summed E-state index contributed by atoms with van der Waals surface area (Å²) < 4.78 is 0. The van der Waals surface area contributed by atoms with E-state index in [1.807, 2.05) is 6.08 Å². The van der Waals surface area contributed by atoms with Crippen LogP contribution in [0, 0.1) is 17.8 Å². The summed E-state index contributed by atoms with van der Waals surface area (Å²) in [5, 5.41) is 13.6. The molecule has 1 aromatic rings. The fourth-order valence-corrected chi connectivity index (χ4v) is 7.59. The summed E-state index contributed by atoms with van der Waals surface area (Å²) in [4.78, 5) is 49.4. The molecule has 0 aromatic heterocycles. The maximum absolute atomic E-state index is 13.6. The van der Waals surface area contributed by atoms with Crippen LogP contribution in [0.4, 0.5) is 0 Å². The van der Waals surface area contributed by atoms with Crippen molar-refractivity contribution in [1.82, 2.24) is 10.2 Å². The highest BCUT2D eigenvalue weighted by molar-refractivity contribution is 9.09. The number of hydrogen-bond donors (Lipinski definition) is 2. The number of imide groups is 2. The van der Waals surface area contributed by atoms with Crippen molar-refractivity contribution < 1.29 is 24.3 Å². The summed E-state index contributed by atoms with van der Waals surface area (Å²) in [7, 11) is 0. The molecule has 0 unspecified atom stereocenters. The lowest BCUT2D eigenvalue weighted by Crippen LogP contribution is -2.60. The summed E-state index contributed by atoms with van der Waals surface area (Å²) in [5.41, 5.74) is 1.46. The van der Waals surface area contributed by atoms with Gasteiger partial charge in [-0.2, -0.15) is 0 Å². The minimum absolute atomic E-state index is 0.0698. The molecule has 4 aliphatic rings. The molecule has 10 heteroatoms. The molecule has 2 aliphatic heterocycles. The number of para-hydroxylation sites is 1. The Kier molecular flexibility index (Phi) is 5.50. The molecule has 4 amide bonds. The Hall–Kier alpha value is -2.16. The first-order valence-electron chi connectivity index (χ1n) is 10.9.